The molecule has 3 aromatic rings. The third-order valence-electron chi connectivity index (χ3n) is 6.46. The highest BCUT2D eigenvalue weighted by atomic mass is 19.4. The predicted molar refractivity (Wildman–Crippen MR) is 127 cm³/mol. The average molecular weight is 533 g/mol. The number of nitrogens with zero attached hydrogens (tertiary/aromatic N) is 1. The molecular formula is C26H23F4N3O5. The first-order valence-electron chi connectivity index (χ1n) is 11.3. The van der Waals surface area contributed by atoms with Crippen molar-refractivity contribution >= 4 is 11.8 Å². The molecule has 0 saturated heterocycles. The molecule has 2 amide bonds. The molecule has 2 heterocycles. The van der Waals surface area contributed by atoms with Crippen molar-refractivity contribution < 1.29 is 41.7 Å². The summed E-state index contributed by atoms with van der Waals surface area (Å²) in [6.07, 6.45) is -5.32. The van der Waals surface area contributed by atoms with Crippen molar-refractivity contribution in [3.8, 4) is 22.8 Å². The highest BCUT2D eigenvalue weighted by Crippen LogP contribution is 2.47. The van der Waals surface area contributed by atoms with Crippen molar-refractivity contribution in [2.24, 2.45) is 5.73 Å². The van der Waals surface area contributed by atoms with Crippen LogP contribution >= 0.6 is 0 Å². The maximum Gasteiger partial charge on any atom is 0.424 e. The Hall–Kier alpha value is -4.19. The minimum atomic E-state index is -5.32. The van der Waals surface area contributed by atoms with E-state index in [0.717, 1.165) is 18.2 Å². The first kappa shape index (κ1) is 26.9. The molecule has 0 fully saturated rings. The SMILES string of the molecule is COc1cccc(C(=O)NC[C@](O)(c2cc3c(c(-c4ccc(F)cc4)n2)OC[C@]3(C)C(N)=O)C(F)(F)F)c1. The molecular weight excluding hydrogens is 510 g/mol. The lowest BCUT2D eigenvalue weighted by Gasteiger charge is -2.31. The number of carbonyl (C=O) groups excluding carboxylic acids is 2. The van der Waals surface area contributed by atoms with E-state index in [1.807, 2.05) is 0 Å². The number of carbonyl (C=O) groups is 2. The largest absolute Gasteiger partial charge is 0.497 e. The van der Waals surface area contributed by atoms with E-state index < -0.39 is 47.1 Å². The summed E-state index contributed by atoms with van der Waals surface area (Å²) in [6, 6.07) is 11.3. The first-order valence-corrected chi connectivity index (χ1v) is 11.3. The number of pyridine rings is 1. The molecule has 0 saturated carbocycles. The fourth-order valence-corrected chi connectivity index (χ4v) is 4.01. The normalized spacial score (nSPS) is 18.2. The summed E-state index contributed by atoms with van der Waals surface area (Å²) in [5.41, 5.74) is -0.623. The molecule has 4 rings (SSSR count). The number of rotatable bonds is 7. The second-order valence-electron chi connectivity index (χ2n) is 9.00. The van der Waals surface area contributed by atoms with Crippen LogP contribution < -0.4 is 20.5 Å². The number of fused-ring (bicyclic) bond motifs is 1. The van der Waals surface area contributed by atoms with Crippen LogP contribution in [-0.4, -0.2) is 48.3 Å². The molecule has 1 aliphatic heterocycles. The van der Waals surface area contributed by atoms with E-state index >= 15 is 0 Å². The smallest absolute Gasteiger partial charge is 0.424 e. The number of nitrogens with one attached hydrogen (secondary N) is 1. The molecule has 0 unspecified atom stereocenters. The molecule has 200 valence electrons. The average Bonchev–Trinajstić information content (AvgIpc) is 3.24. The number of methoxy groups -OCH3 is 1. The number of benzene rings is 2. The predicted octanol–water partition coefficient (Wildman–Crippen LogP) is 3.21. The van der Waals surface area contributed by atoms with Gasteiger partial charge in [0.2, 0.25) is 11.5 Å². The van der Waals surface area contributed by atoms with Crippen molar-refractivity contribution in [3.63, 3.8) is 0 Å². The zero-order chi connectivity index (χ0) is 27.9. The molecule has 4 N–H and O–H groups in total. The maximum atomic E-state index is 14.4. The molecule has 2 atom stereocenters. The Kier molecular flexibility index (Phi) is 6.79. The summed E-state index contributed by atoms with van der Waals surface area (Å²) in [5, 5.41) is 13.1. The van der Waals surface area contributed by atoms with Crippen LogP contribution in [0, 0.1) is 5.82 Å². The van der Waals surface area contributed by atoms with Gasteiger partial charge in [-0.2, -0.15) is 13.2 Å². The highest BCUT2D eigenvalue weighted by Gasteiger charge is 2.57. The monoisotopic (exact) mass is 533 g/mol. The van der Waals surface area contributed by atoms with Crippen molar-refractivity contribution in [2.75, 3.05) is 20.3 Å². The van der Waals surface area contributed by atoms with E-state index in [9.17, 15) is 32.3 Å². The second-order valence-corrected chi connectivity index (χ2v) is 9.00. The molecule has 2 aromatic carbocycles. The van der Waals surface area contributed by atoms with Gasteiger partial charge in [-0.15, -0.1) is 0 Å². The van der Waals surface area contributed by atoms with Gasteiger partial charge in [-0.25, -0.2) is 9.37 Å². The molecule has 12 heteroatoms. The Morgan fingerprint density at radius 1 is 1.18 bits per heavy atom. The van der Waals surface area contributed by atoms with Gasteiger partial charge >= 0.3 is 6.18 Å². The van der Waals surface area contributed by atoms with Crippen LogP contribution in [0.15, 0.2) is 54.6 Å². The summed E-state index contributed by atoms with van der Waals surface area (Å²) in [7, 11) is 1.36. The fraction of sp³-hybridized carbons (Fsp3) is 0.269. The van der Waals surface area contributed by atoms with Gasteiger partial charge in [0, 0.05) is 16.7 Å². The van der Waals surface area contributed by atoms with Crippen molar-refractivity contribution in [3.05, 3.63) is 77.2 Å². The van der Waals surface area contributed by atoms with Gasteiger partial charge in [0.1, 0.15) is 35.0 Å². The van der Waals surface area contributed by atoms with Crippen molar-refractivity contribution in [1.82, 2.24) is 10.3 Å². The van der Waals surface area contributed by atoms with Gasteiger partial charge in [-0.1, -0.05) is 6.07 Å². The number of hydrogen-bond donors (Lipinski definition) is 3. The van der Waals surface area contributed by atoms with Gasteiger partial charge in [0.25, 0.3) is 5.91 Å². The quantitative estimate of drug-likeness (QED) is 0.401. The summed E-state index contributed by atoms with van der Waals surface area (Å²) in [5.74, 6) is -2.10. The van der Waals surface area contributed by atoms with E-state index in [1.54, 1.807) is 6.07 Å². The fourth-order valence-electron chi connectivity index (χ4n) is 4.01. The number of hydrogen-bond acceptors (Lipinski definition) is 6. The lowest BCUT2D eigenvalue weighted by molar-refractivity contribution is -0.265. The minimum Gasteiger partial charge on any atom is -0.497 e. The van der Waals surface area contributed by atoms with E-state index in [0.29, 0.717) is 5.75 Å². The Balaban J connectivity index is 1.83. The van der Waals surface area contributed by atoms with Gasteiger partial charge in [-0.3, -0.25) is 9.59 Å². The van der Waals surface area contributed by atoms with Gasteiger partial charge in [0.05, 0.1) is 19.3 Å². The van der Waals surface area contributed by atoms with Crippen molar-refractivity contribution in [2.45, 2.75) is 24.1 Å². The van der Waals surface area contributed by atoms with Crippen LogP contribution in [0.3, 0.4) is 0 Å². The standard InChI is InChI=1S/C26H23F4N3O5/c1-24(23(31)35)13-38-21-18(24)11-19(33-20(21)14-6-8-16(27)9-7-14)25(36,26(28,29)30)12-32-22(34)15-4-3-5-17(10-15)37-2/h3-11,36H,12-13H2,1-2H3,(H2,31,35)(H,32,34)/t24-,25-/m0/s1. The van der Waals surface area contributed by atoms with Crippen LogP contribution in [0.4, 0.5) is 17.6 Å². The van der Waals surface area contributed by atoms with E-state index in [2.05, 4.69) is 10.3 Å². The lowest BCUT2D eigenvalue weighted by Crippen LogP contribution is -2.51. The molecule has 1 aliphatic rings. The van der Waals surface area contributed by atoms with Gasteiger partial charge in [-0.05, 0) is 55.5 Å². The number of halogens is 4. The summed E-state index contributed by atoms with van der Waals surface area (Å²) in [4.78, 5) is 29.0. The molecule has 38 heavy (non-hydrogen) atoms. The number of amides is 2. The van der Waals surface area contributed by atoms with E-state index in [1.165, 1.54) is 44.4 Å². The zero-order valence-electron chi connectivity index (χ0n) is 20.2. The summed E-state index contributed by atoms with van der Waals surface area (Å²) >= 11 is 0. The Morgan fingerprint density at radius 3 is 2.47 bits per heavy atom. The number of alkyl halides is 3. The molecule has 0 radical (unpaired) electrons. The minimum absolute atomic E-state index is 0.00232. The number of aromatic nitrogens is 1. The molecule has 0 aliphatic carbocycles. The van der Waals surface area contributed by atoms with Gasteiger partial charge in [0.15, 0.2) is 0 Å². The first-order chi connectivity index (χ1) is 17.8. The molecule has 0 bridgehead atoms. The number of aliphatic hydroxyl groups is 1. The van der Waals surface area contributed by atoms with Crippen molar-refractivity contribution in [1.29, 1.82) is 0 Å². The Morgan fingerprint density at radius 2 is 1.87 bits per heavy atom. The molecule has 0 spiro atoms. The molecule has 8 nitrogen and oxygen atoms in total. The highest BCUT2D eigenvalue weighted by molar-refractivity contribution is 5.94. The summed E-state index contributed by atoms with van der Waals surface area (Å²) < 4.78 is 67.4. The van der Waals surface area contributed by atoms with Gasteiger partial charge < -0.3 is 25.6 Å². The maximum absolute atomic E-state index is 14.4. The second kappa shape index (κ2) is 9.60. The number of ether oxygens (including phenoxy) is 2. The van der Waals surface area contributed by atoms with Crippen LogP contribution in [0.2, 0.25) is 0 Å². The Bertz CT molecular complexity index is 1400. The van der Waals surface area contributed by atoms with Crippen LogP contribution in [-0.2, 0) is 15.8 Å². The number of primary amides is 1. The molecule has 1 aromatic heterocycles. The van der Waals surface area contributed by atoms with Crippen LogP contribution in [0.25, 0.3) is 11.3 Å². The third kappa shape index (κ3) is 4.62. The Labute approximate surface area is 214 Å². The third-order valence-corrected chi connectivity index (χ3v) is 6.46. The summed E-state index contributed by atoms with van der Waals surface area (Å²) in [6.45, 7) is -0.208. The lowest BCUT2D eigenvalue weighted by atomic mass is 9.81. The number of nitrogens with two attached hydrogens (primary N) is 1. The van der Waals surface area contributed by atoms with E-state index in [4.69, 9.17) is 15.2 Å². The van der Waals surface area contributed by atoms with Crippen LogP contribution in [0.5, 0.6) is 11.5 Å². The topological polar surface area (TPSA) is 124 Å². The van der Waals surface area contributed by atoms with Crippen LogP contribution in [0.1, 0.15) is 28.5 Å². The van der Waals surface area contributed by atoms with E-state index in [-0.39, 0.29) is 34.7 Å². The zero-order valence-corrected chi connectivity index (χ0v) is 20.2.